The molecule has 18 nitrogen and oxygen atoms in total. The van der Waals surface area contributed by atoms with Crippen molar-refractivity contribution in [1.82, 2.24) is 14.9 Å². The predicted molar refractivity (Wildman–Crippen MR) is 314 cm³/mol. The van der Waals surface area contributed by atoms with Crippen LogP contribution in [0.15, 0.2) is 109 Å². The molecule has 1 fully saturated rings. The van der Waals surface area contributed by atoms with Gasteiger partial charge < -0.3 is 61.9 Å². The Hall–Kier alpha value is -5.71. The third-order valence-corrected chi connectivity index (χ3v) is 16.4. The van der Waals surface area contributed by atoms with Gasteiger partial charge in [0.05, 0.1) is 91.7 Å². The number of amides is 2. The molecule has 1 heterocycles. The highest BCUT2D eigenvalue weighted by Gasteiger charge is 2.43. The summed E-state index contributed by atoms with van der Waals surface area (Å²) in [5, 5.41) is 12.4. The molecule has 0 saturated carbocycles. The molecular weight excluding hydrogens is 1070 g/mol. The first-order valence-corrected chi connectivity index (χ1v) is 29.7. The van der Waals surface area contributed by atoms with Crippen LogP contribution in [0.5, 0.6) is 11.5 Å². The van der Waals surface area contributed by atoms with Crippen LogP contribution in [0.2, 0.25) is 0 Å². The number of hydrogen-bond donors (Lipinski definition) is 1. The molecule has 0 aromatic heterocycles. The summed E-state index contributed by atoms with van der Waals surface area (Å²) in [4.78, 5) is 39.2. The van der Waals surface area contributed by atoms with Gasteiger partial charge in [-0.25, -0.2) is 9.46 Å². The van der Waals surface area contributed by atoms with Crippen LogP contribution in [0.4, 0.5) is 4.79 Å². The fourth-order valence-corrected chi connectivity index (χ4v) is 11.5. The number of rotatable bonds is 37. The molecule has 4 aromatic rings. The van der Waals surface area contributed by atoms with Gasteiger partial charge in [-0.3, -0.25) is 9.59 Å². The van der Waals surface area contributed by atoms with Crippen molar-refractivity contribution in [3.63, 3.8) is 0 Å². The van der Waals surface area contributed by atoms with Gasteiger partial charge >= 0.3 is 12.1 Å². The van der Waals surface area contributed by atoms with E-state index >= 15 is 0 Å². The van der Waals surface area contributed by atoms with Gasteiger partial charge in [0.15, 0.2) is 6.29 Å². The smallest absolute Gasteiger partial charge is 0.410 e. The molecule has 4 aromatic carbocycles. The van der Waals surface area contributed by atoms with E-state index in [-0.39, 0.29) is 108 Å². The Kier molecular flexibility index (Phi) is 29.5. The first-order chi connectivity index (χ1) is 39.6. The van der Waals surface area contributed by atoms with Gasteiger partial charge in [0.1, 0.15) is 30.3 Å². The molecule has 1 aliphatic heterocycles. The lowest BCUT2D eigenvalue weighted by Crippen LogP contribution is -2.58. The van der Waals surface area contributed by atoms with Crippen LogP contribution in [0.1, 0.15) is 103 Å². The molecule has 1 N–H and O–H groups in total. The summed E-state index contributed by atoms with van der Waals surface area (Å²) in [7, 11) is 1.75. The van der Waals surface area contributed by atoms with Gasteiger partial charge in [-0.1, -0.05) is 105 Å². The van der Waals surface area contributed by atoms with Gasteiger partial charge in [0, 0.05) is 44.9 Å². The van der Waals surface area contributed by atoms with Crippen molar-refractivity contribution in [2.75, 3.05) is 86.8 Å². The Morgan fingerprint density at radius 3 is 1.85 bits per heavy atom. The second-order valence-electron chi connectivity index (χ2n) is 20.9. The lowest BCUT2D eigenvalue weighted by atomic mass is 9.79. The largest absolute Gasteiger partial charge is 0.497 e. The minimum absolute atomic E-state index is 0.00706. The van der Waals surface area contributed by atoms with Crippen LogP contribution in [-0.4, -0.2) is 145 Å². The zero-order valence-corrected chi connectivity index (χ0v) is 50.7. The van der Waals surface area contributed by atoms with Crippen molar-refractivity contribution in [2.45, 2.75) is 124 Å². The van der Waals surface area contributed by atoms with E-state index in [1.807, 2.05) is 111 Å². The highest BCUT2D eigenvalue weighted by atomic mass is 31.2. The molecule has 19 heteroatoms. The number of carbonyl (C=O) groups excluding carboxylic acids is 3. The van der Waals surface area contributed by atoms with Crippen molar-refractivity contribution in [3.05, 3.63) is 131 Å². The Morgan fingerprint density at radius 2 is 1.28 bits per heavy atom. The summed E-state index contributed by atoms with van der Waals surface area (Å²) >= 11 is 0. The summed E-state index contributed by atoms with van der Waals surface area (Å²) < 4.78 is 69.3. The summed E-state index contributed by atoms with van der Waals surface area (Å²) in [6, 6.07) is 37.7. The Labute approximate surface area is 488 Å². The van der Waals surface area contributed by atoms with Crippen molar-refractivity contribution < 1.29 is 66.1 Å². The molecule has 7 unspecified atom stereocenters. The monoisotopic (exact) mass is 1160 g/mol. The molecule has 0 spiro atoms. The molecule has 0 aliphatic carbocycles. The molecular formula is C63H89N4O14P. The third-order valence-electron chi connectivity index (χ3n) is 14.3. The van der Waals surface area contributed by atoms with Crippen LogP contribution in [-0.2, 0) is 64.0 Å². The number of esters is 1. The zero-order valence-electron chi connectivity index (χ0n) is 49.8. The topological polar surface area (TPSA) is 195 Å². The third kappa shape index (κ3) is 21.2. The summed E-state index contributed by atoms with van der Waals surface area (Å²) in [5.41, 5.74) is 2.56. The molecule has 7 atom stereocenters. The lowest BCUT2D eigenvalue weighted by molar-refractivity contribution is -0.247. The fraction of sp³-hybridized carbons (Fsp3) is 0.556. The first-order valence-electron chi connectivity index (χ1n) is 28.6. The normalized spacial score (nSPS) is 17.9. The number of nitriles is 1. The van der Waals surface area contributed by atoms with Crippen LogP contribution in [0, 0.1) is 29.1 Å². The molecule has 1 saturated heterocycles. The highest BCUT2D eigenvalue weighted by Crippen LogP contribution is 2.47. The van der Waals surface area contributed by atoms with Crippen molar-refractivity contribution >= 4 is 26.5 Å². The van der Waals surface area contributed by atoms with Crippen LogP contribution in [0.25, 0.3) is 0 Å². The maximum Gasteiger partial charge on any atom is 0.410 e. The van der Waals surface area contributed by atoms with Gasteiger partial charge in [-0.05, 0) is 98.9 Å². The molecule has 450 valence electrons. The number of nitrogens with zero attached hydrogens (tertiary/aromatic N) is 3. The van der Waals surface area contributed by atoms with E-state index in [2.05, 4.69) is 55.9 Å². The van der Waals surface area contributed by atoms with E-state index in [4.69, 9.17) is 51.7 Å². The summed E-state index contributed by atoms with van der Waals surface area (Å²) in [6.45, 7) is 18.2. The SMILES string of the molecule is COc1ccc(C(OCC(CCCCN(CCOCCOCCOC2OC(COC(C)=O)C(C)C(C)C2NC(C)=O)C(=O)OCc2ccccc2)COP(OCCC#N)N(C(C)C)C(C)C)(c2ccccc2)c2ccc(OC)cc2)cc1. The van der Waals surface area contributed by atoms with Gasteiger partial charge in [0.2, 0.25) is 5.91 Å². The number of nitrogens with one attached hydrogen (secondary N) is 1. The van der Waals surface area contributed by atoms with Crippen molar-refractivity contribution in [1.29, 1.82) is 5.26 Å². The predicted octanol–water partition coefficient (Wildman–Crippen LogP) is 10.8. The van der Waals surface area contributed by atoms with E-state index in [1.54, 1.807) is 19.1 Å². The second kappa shape index (κ2) is 36.1. The number of benzene rings is 4. The molecule has 0 radical (unpaired) electrons. The number of unbranched alkanes of at least 4 members (excludes halogenated alkanes) is 1. The molecule has 1 aliphatic rings. The van der Waals surface area contributed by atoms with E-state index in [0.29, 0.717) is 32.4 Å². The van der Waals surface area contributed by atoms with E-state index < -0.39 is 44.6 Å². The van der Waals surface area contributed by atoms with E-state index in [9.17, 15) is 19.6 Å². The standard InChI is InChI=1S/C63H89N4O14P/c1-46(2)67(47(3)4)82(79-36-19-33-64)80-44-53(43-78-63(54-23-15-12-16-24-54,55-25-29-57(71-9)30-26-55)56-27-31-58(72-10)32-28-56)22-17-18-34-66(62(70)77-42-52-20-13-11-14-21-52)35-37-73-38-39-74-40-41-75-61-60(65-50(7)68)49(6)48(5)59(81-61)45-76-51(8)69/h11-16,20-21,23-32,46-49,53,59-61H,17-19,22,34-45H2,1-10H3,(H,65,68). The molecule has 5 rings (SSSR count). The van der Waals surface area contributed by atoms with Crippen LogP contribution >= 0.6 is 8.53 Å². The van der Waals surface area contributed by atoms with Crippen molar-refractivity contribution in [3.8, 4) is 17.6 Å². The minimum atomic E-state index is -1.55. The summed E-state index contributed by atoms with van der Waals surface area (Å²) in [6.07, 6.45) is 0.678. The number of methoxy groups -OCH3 is 2. The fourth-order valence-electron chi connectivity index (χ4n) is 9.84. The quantitative estimate of drug-likeness (QED) is 0.0194. The van der Waals surface area contributed by atoms with E-state index in [1.165, 1.54) is 13.8 Å². The lowest BCUT2D eigenvalue weighted by Gasteiger charge is -2.44. The van der Waals surface area contributed by atoms with Crippen LogP contribution in [0.3, 0.4) is 0 Å². The Balaban J connectivity index is 1.28. The van der Waals surface area contributed by atoms with Gasteiger partial charge in [0.25, 0.3) is 8.53 Å². The molecule has 82 heavy (non-hydrogen) atoms. The highest BCUT2D eigenvalue weighted by molar-refractivity contribution is 7.44. The van der Waals surface area contributed by atoms with Gasteiger partial charge in [-0.15, -0.1) is 0 Å². The van der Waals surface area contributed by atoms with Crippen LogP contribution < -0.4 is 14.8 Å². The molecule has 0 bridgehead atoms. The maximum absolute atomic E-state index is 13.8. The van der Waals surface area contributed by atoms with Crippen molar-refractivity contribution in [2.24, 2.45) is 17.8 Å². The summed E-state index contributed by atoms with van der Waals surface area (Å²) in [5.74, 6) is 0.673. The average Bonchev–Trinajstić information content (AvgIpc) is 3.01. The number of ether oxygens (including phenoxy) is 9. The maximum atomic E-state index is 13.8. The Bertz CT molecular complexity index is 2430. The Morgan fingerprint density at radius 1 is 0.695 bits per heavy atom. The van der Waals surface area contributed by atoms with Gasteiger partial charge in [-0.2, -0.15) is 5.26 Å². The first kappa shape index (κ1) is 67.1. The van der Waals surface area contributed by atoms with E-state index in [0.717, 1.165) is 33.8 Å². The number of carbonyl (C=O) groups is 3. The molecule has 2 amide bonds. The zero-order chi connectivity index (χ0) is 59.3. The minimum Gasteiger partial charge on any atom is -0.497 e. The average molecular weight is 1160 g/mol. The number of hydrogen-bond acceptors (Lipinski definition) is 16. The second-order valence-corrected chi connectivity index (χ2v) is 22.4.